The molecule has 0 aromatic heterocycles. The average Bonchev–Trinajstić information content (AvgIpc) is 2.17. The topological polar surface area (TPSA) is 52.6 Å². The van der Waals surface area contributed by atoms with Crippen LogP contribution in [0.15, 0.2) is 0 Å². The molecule has 0 aromatic carbocycles. The van der Waals surface area contributed by atoms with E-state index in [1.165, 1.54) is 0 Å². The van der Waals surface area contributed by atoms with Crippen LogP contribution in [0.1, 0.15) is 47.0 Å². The summed E-state index contributed by atoms with van der Waals surface area (Å²) in [5.74, 6) is -0.112. The molecule has 0 N–H and O–H groups in total. The van der Waals surface area contributed by atoms with Crippen molar-refractivity contribution in [2.75, 3.05) is 6.61 Å². The van der Waals surface area contributed by atoms with Gasteiger partial charge in [-0.3, -0.25) is 4.79 Å². The van der Waals surface area contributed by atoms with E-state index in [9.17, 15) is 9.59 Å². The number of carbonyl (C=O) groups excluding carboxylic acids is 2. The Labute approximate surface area is 97.3 Å². The molecule has 0 saturated heterocycles. The van der Waals surface area contributed by atoms with E-state index in [1.54, 1.807) is 13.8 Å². The quantitative estimate of drug-likeness (QED) is 0.519. The molecule has 94 valence electrons. The van der Waals surface area contributed by atoms with Gasteiger partial charge in [-0.25, -0.2) is 4.79 Å². The summed E-state index contributed by atoms with van der Waals surface area (Å²) in [6, 6.07) is 0. The number of rotatable bonds is 6. The molecule has 0 bridgehead atoms. The Morgan fingerprint density at radius 1 is 1.12 bits per heavy atom. The SMILES string of the molecule is CCOC(=O)OC(=O)C(C)CCCC(C)C. The molecule has 0 radical (unpaired) electrons. The Balaban J connectivity index is 3.77. The molecule has 0 amide bonds. The highest BCUT2D eigenvalue weighted by Gasteiger charge is 2.18. The minimum atomic E-state index is -0.900. The largest absolute Gasteiger partial charge is 0.516 e. The van der Waals surface area contributed by atoms with E-state index < -0.39 is 12.1 Å². The van der Waals surface area contributed by atoms with Gasteiger partial charge in [0.25, 0.3) is 0 Å². The summed E-state index contributed by atoms with van der Waals surface area (Å²) >= 11 is 0. The van der Waals surface area contributed by atoms with Gasteiger partial charge in [-0.15, -0.1) is 0 Å². The molecule has 0 rings (SSSR count). The van der Waals surface area contributed by atoms with Crippen LogP contribution in [0.2, 0.25) is 0 Å². The van der Waals surface area contributed by atoms with Crippen LogP contribution in [0.3, 0.4) is 0 Å². The maximum absolute atomic E-state index is 11.4. The predicted octanol–water partition coefficient (Wildman–Crippen LogP) is 3.15. The zero-order valence-corrected chi connectivity index (χ0v) is 10.6. The van der Waals surface area contributed by atoms with Gasteiger partial charge in [0, 0.05) is 0 Å². The van der Waals surface area contributed by atoms with E-state index in [4.69, 9.17) is 0 Å². The van der Waals surface area contributed by atoms with E-state index in [0.717, 1.165) is 19.3 Å². The molecule has 1 atom stereocenters. The highest BCUT2D eigenvalue weighted by molar-refractivity contribution is 5.83. The number of ether oxygens (including phenoxy) is 2. The van der Waals surface area contributed by atoms with Gasteiger partial charge in [-0.2, -0.15) is 0 Å². The van der Waals surface area contributed by atoms with Crippen molar-refractivity contribution < 1.29 is 19.1 Å². The van der Waals surface area contributed by atoms with Gasteiger partial charge in [-0.05, 0) is 19.3 Å². The standard InChI is InChI=1S/C12H22O4/c1-5-15-12(14)16-11(13)10(4)8-6-7-9(2)3/h9-10H,5-8H2,1-4H3. The molecule has 4 heteroatoms. The molecule has 0 aliphatic carbocycles. The van der Waals surface area contributed by atoms with E-state index in [0.29, 0.717) is 5.92 Å². The Kier molecular flexibility index (Phi) is 7.60. The zero-order valence-electron chi connectivity index (χ0n) is 10.6. The monoisotopic (exact) mass is 230 g/mol. The van der Waals surface area contributed by atoms with Crippen LogP contribution in [-0.4, -0.2) is 18.7 Å². The lowest BCUT2D eigenvalue weighted by Gasteiger charge is -2.10. The Bertz CT molecular complexity index is 223. The molecule has 0 heterocycles. The van der Waals surface area contributed by atoms with Gasteiger partial charge in [0.15, 0.2) is 0 Å². The molecular formula is C12H22O4. The van der Waals surface area contributed by atoms with Crippen LogP contribution in [0.4, 0.5) is 4.79 Å². The van der Waals surface area contributed by atoms with Crippen molar-refractivity contribution >= 4 is 12.1 Å². The van der Waals surface area contributed by atoms with Crippen LogP contribution >= 0.6 is 0 Å². The highest BCUT2D eigenvalue weighted by atomic mass is 16.7. The fraction of sp³-hybridized carbons (Fsp3) is 0.833. The summed E-state index contributed by atoms with van der Waals surface area (Å²) in [5.41, 5.74) is 0. The molecular weight excluding hydrogens is 208 g/mol. The van der Waals surface area contributed by atoms with Crippen molar-refractivity contribution in [2.24, 2.45) is 11.8 Å². The number of hydrogen-bond donors (Lipinski definition) is 0. The first-order valence-electron chi connectivity index (χ1n) is 5.85. The first-order valence-corrected chi connectivity index (χ1v) is 5.85. The molecule has 0 aliphatic rings. The Morgan fingerprint density at radius 3 is 2.25 bits per heavy atom. The van der Waals surface area contributed by atoms with E-state index in [2.05, 4.69) is 23.3 Å². The summed E-state index contributed by atoms with van der Waals surface area (Å²) in [7, 11) is 0. The second kappa shape index (κ2) is 8.13. The smallest absolute Gasteiger partial charge is 0.434 e. The molecule has 1 unspecified atom stereocenters. The number of carbonyl (C=O) groups is 2. The first kappa shape index (κ1) is 14.9. The minimum absolute atomic E-state index is 0.216. The van der Waals surface area contributed by atoms with Crippen LogP contribution < -0.4 is 0 Å². The van der Waals surface area contributed by atoms with E-state index in [1.807, 2.05) is 0 Å². The fourth-order valence-electron chi connectivity index (χ4n) is 1.28. The summed E-state index contributed by atoms with van der Waals surface area (Å²) in [6.07, 6.45) is 1.90. The number of esters is 1. The molecule has 4 nitrogen and oxygen atoms in total. The summed E-state index contributed by atoms with van der Waals surface area (Å²) in [4.78, 5) is 22.3. The third-order valence-corrected chi connectivity index (χ3v) is 2.27. The van der Waals surface area contributed by atoms with Crippen molar-refractivity contribution in [3.8, 4) is 0 Å². The van der Waals surface area contributed by atoms with Crippen LogP contribution in [0, 0.1) is 11.8 Å². The van der Waals surface area contributed by atoms with Gasteiger partial charge in [0.1, 0.15) is 0 Å². The van der Waals surface area contributed by atoms with Crippen molar-refractivity contribution in [3.05, 3.63) is 0 Å². The summed E-state index contributed by atoms with van der Waals surface area (Å²) in [5, 5.41) is 0. The lowest BCUT2D eigenvalue weighted by molar-refractivity contribution is -0.144. The van der Waals surface area contributed by atoms with E-state index in [-0.39, 0.29) is 12.5 Å². The van der Waals surface area contributed by atoms with Crippen LogP contribution in [0.25, 0.3) is 0 Å². The van der Waals surface area contributed by atoms with Crippen molar-refractivity contribution in [2.45, 2.75) is 47.0 Å². The van der Waals surface area contributed by atoms with Gasteiger partial charge in [-0.1, -0.05) is 33.6 Å². The Hall–Kier alpha value is -1.06. The van der Waals surface area contributed by atoms with Crippen molar-refractivity contribution in [1.29, 1.82) is 0 Å². The van der Waals surface area contributed by atoms with Crippen molar-refractivity contribution in [1.82, 2.24) is 0 Å². The first-order chi connectivity index (χ1) is 7.47. The van der Waals surface area contributed by atoms with Gasteiger partial charge in [0.05, 0.1) is 12.5 Å². The average molecular weight is 230 g/mol. The van der Waals surface area contributed by atoms with Crippen molar-refractivity contribution in [3.63, 3.8) is 0 Å². The van der Waals surface area contributed by atoms with Crippen LogP contribution in [-0.2, 0) is 14.3 Å². The van der Waals surface area contributed by atoms with E-state index >= 15 is 0 Å². The zero-order chi connectivity index (χ0) is 12.6. The van der Waals surface area contributed by atoms with Gasteiger partial charge >= 0.3 is 12.1 Å². The predicted molar refractivity (Wildman–Crippen MR) is 61.0 cm³/mol. The molecule has 16 heavy (non-hydrogen) atoms. The van der Waals surface area contributed by atoms with Gasteiger partial charge < -0.3 is 9.47 Å². The van der Waals surface area contributed by atoms with Gasteiger partial charge in [0.2, 0.25) is 0 Å². The second-order valence-electron chi connectivity index (χ2n) is 4.33. The lowest BCUT2D eigenvalue weighted by Crippen LogP contribution is -2.20. The molecule has 0 aliphatic heterocycles. The maximum Gasteiger partial charge on any atom is 0.516 e. The third kappa shape index (κ3) is 7.26. The molecule has 0 fully saturated rings. The highest BCUT2D eigenvalue weighted by Crippen LogP contribution is 2.13. The molecule has 0 saturated carbocycles. The lowest BCUT2D eigenvalue weighted by atomic mass is 10.00. The third-order valence-electron chi connectivity index (χ3n) is 2.27. The van der Waals surface area contributed by atoms with Crippen LogP contribution in [0.5, 0.6) is 0 Å². The normalized spacial score (nSPS) is 12.3. The molecule has 0 aromatic rings. The minimum Gasteiger partial charge on any atom is -0.434 e. The fourth-order valence-corrected chi connectivity index (χ4v) is 1.28. The molecule has 0 spiro atoms. The summed E-state index contributed by atoms with van der Waals surface area (Å²) in [6.45, 7) is 7.93. The Morgan fingerprint density at radius 2 is 1.75 bits per heavy atom. The maximum atomic E-state index is 11.4. The second-order valence-corrected chi connectivity index (χ2v) is 4.33. The summed E-state index contributed by atoms with van der Waals surface area (Å²) < 4.78 is 9.03. The number of hydrogen-bond acceptors (Lipinski definition) is 4.